The van der Waals surface area contributed by atoms with Gasteiger partial charge in [0.25, 0.3) is 17.4 Å². The smallest absolute Gasteiger partial charge is 0.364 e. The number of carbonyl (C=O) groups is 5. The number of carbonyl (C=O) groups excluding carboxylic acids is 2. The van der Waals surface area contributed by atoms with Crippen LogP contribution >= 0.6 is 0 Å². The zero-order chi connectivity index (χ0) is 51.0. The van der Waals surface area contributed by atoms with Crippen molar-refractivity contribution in [2.24, 2.45) is 0 Å². The van der Waals surface area contributed by atoms with Gasteiger partial charge in [-0.25, -0.2) is 14.4 Å². The van der Waals surface area contributed by atoms with Gasteiger partial charge < -0.3 is 101 Å². The average molecular weight is 986 g/mol. The zero-order valence-corrected chi connectivity index (χ0v) is 38.9. The van der Waals surface area contributed by atoms with Crippen LogP contribution in [0.5, 0.6) is 0 Å². The molecule has 2 amide bonds. The monoisotopic (exact) mass is 985 g/mol. The highest BCUT2D eigenvalue weighted by atomic mass is 16.8. The maximum atomic E-state index is 13.1. The van der Waals surface area contributed by atoms with E-state index in [0.717, 1.165) is 39.0 Å². The number of rotatable bonds is 30. The summed E-state index contributed by atoms with van der Waals surface area (Å²) in [5.41, 5.74) is 0. The SMILES string of the molecule is CCCCCCCCCCCCNCC(O)C1OC(OC(CO)C(O)C2OC(OC(CO)C(O)C3CC(O)CC(O)(C(=O)O)O3)(C(=O)O)CC(O)C2NC(C)=O)(C(=O)O)CC(O)C1NC(=O)CC. The normalized spacial score (nSPS) is 33.1. The first kappa shape index (κ1) is 59.1. The van der Waals surface area contributed by atoms with Crippen molar-refractivity contribution in [3.8, 4) is 0 Å². The van der Waals surface area contributed by atoms with Crippen molar-refractivity contribution in [2.45, 2.75) is 214 Å². The Labute approximate surface area is 394 Å². The molecule has 25 heteroatoms. The average Bonchev–Trinajstić information content (AvgIpc) is 3.28. The maximum Gasteiger partial charge on any atom is 0.364 e. The third kappa shape index (κ3) is 15.9. The van der Waals surface area contributed by atoms with E-state index in [-0.39, 0.29) is 13.0 Å². The van der Waals surface area contributed by atoms with Gasteiger partial charge in [0.05, 0.1) is 55.8 Å². The third-order valence-corrected chi connectivity index (χ3v) is 12.5. The van der Waals surface area contributed by atoms with E-state index in [1.165, 1.54) is 39.0 Å². The van der Waals surface area contributed by atoms with E-state index in [9.17, 15) is 85.3 Å². The van der Waals surface area contributed by atoms with Crippen molar-refractivity contribution in [1.29, 1.82) is 0 Å². The van der Waals surface area contributed by atoms with E-state index in [1.54, 1.807) is 0 Å². The molecule has 3 aliphatic heterocycles. The second-order valence-electron chi connectivity index (χ2n) is 17.9. The summed E-state index contributed by atoms with van der Waals surface area (Å²) in [6, 6.07) is -3.20. The Hall–Kier alpha value is -3.25. The van der Waals surface area contributed by atoms with E-state index >= 15 is 0 Å². The number of hydrogen-bond donors (Lipinski definition) is 15. The molecule has 3 aliphatic rings. The second kappa shape index (κ2) is 27.4. The van der Waals surface area contributed by atoms with Crippen LogP contribution in [0.4, 0.5) is 0 Å². The van der Waals surface area contributed by atoms with Crippen molar-refractivity contribution in [2.75, 3.05) is 26.3 Å². The minimum Gasteiger partial charge on any atom is -0.477 e. The lowest BCUT2D eigenvalue weighted by atomic mass is 9.87. The molecular formula is C43H75N3O22. The first-order valence-electron chi connectivity index (χ1n) is 23.4. The summed E-state index contributed by atoms with van der Waals surface area (Å²) >= 11 is 0. The van der Waals surface area contributed by atoms with Crippen molar-refractivity contribution >= 4 is 29.7 Å². The summed E-state index contributed by atoms with van der Waals surface area (Å²) in [6.07, 6.45) is -14.6. The second-order valence-corrected chi connectivity index (χ2v) is 17.9. The molecule has 0 aromatic rings. The van der Waals surface area contributed by atoms with Crippen LogP contribution in [0.25, 0.3) is 0 Å². The quantitative estimate of drug-likeness (QED) is 0.0317. The minimum absolute atomic E-state index is 0.0732. The van der Waals surface area contributed by atoms with Gasteiger partial charge in [-0.2, -0.15) is 0 Å². The molecule has 0 bridgehead atoms. The molecule has 15 N–H and O–H groups in total. The van der Waals surface area contributed by atoms with Gasteiger partial charge in [0, 0.05) is 45.6 Å². The Morgan fingerprint density at radius 3 is 1.62 bits per heavy atom. The molecular weight excluding hydrogens is 910 g/mol. The number of amides is 2. The van der Waals surface area contributed by atoms with Gasteiger partial charge in [-0.1, -0.05) is 71.6 Å². The number of nitrogens with one attached hydrogen (secondary N) is 3. The predicted molar refractivity (Wildman–Crippen MR) is 231 cm³/mol. The van der Waals surface area contributed by atoms with Crippen LogP contribution < -0.4 is 16.0 Å². The molecule has 0 aromatic heterocycles. The minimum atomic E-state index is -3.20. The molecule has 0 spiro atoms. The molecule has 16 atom stereocenters. The Morgan fingerprint density at radius 2 is 1.15 bits per heavy atom. The van der Waals surface area contributed by atoms with Gasteiger partial charge in [-0.05, 0) is 13.0 Å². The molecule has 25 nitrogen and oxygen atoms in total. The molecule has 0 radical (unpaired) electrons. The van der Waals surface area contributed by atoms with Crippen LogP contribution in [0, 0.1) is 0 Å². The van der Waals surface area contributed by atoms with E-state index in [4.69, 9.17) is 23.7 Å². The Morgan fingerprint density at radius 1 is 0.662 bits per heavy atom. The summed E-state index contributed by atoms with van der Waals surface area (Å²) in [6.45, 7) is 2.29. The van der Waals surface area contributed by atoms with Gasteiger partial charge in [-0.3, -0.25) is 9.59 Å². The number of ether oxygens (including phenoxy) is 5. The van der Waals surface area contributed by atoms with E-state index in [2.05, 4.69) is 22.9 Å². The standard InChI is InChI=1S/C43H75N3O22/c1-4-6-7-8-9-10-11-12-13-14-15-44-20-27(53)36-32(46-31(54)5-2)25(51)18-42(67-36,39(59)60)66-30(22-48)35(56)37-33(45-23(3)49)26(52)19-43(68-37,40(61)62)65-29(21-47)34(55)28-16-24(50)17-41(63,64-28)38(57)58/h24-30,32-37,44,47-48,50-53,55-56,63H,4-22H2,1-3H3,(H,45,49)(H,46,54)(H,57,58)(H,59,60)(H,61,62). The number of aliphatic hydroxyl groups excluding tert-OH is 8. The first-order valence-corrected chi connectivity index (χ1v) is 23.4. The fraction of sp³-hybridized carbons (Fsp3) is 0.884. The van der Waals surface area contributed by atoms with Gasteiger partial charge in [-0.15, -0.1) is 0 Å². The first-order chi connectivity index (χ1) is 32.0. The number of carboxylic acid groups (broad SMARTS) is 3. The van der Waals surface area contributed by atoms with E-state index < -0.39 is 165 Å². The summed E-state index contributed by atoms with van der Waals surface area (Å²) in [7, 11) is 0. The van der Waals surface area contributed by atoms with Gasteiger partial charge in [0.15, 0.2) is 0 Å². The number of hydrogen-bond acceptors (Lipinski definition) is 20. The lowest BCUT2D eigenvalue weighted by molar-refractivity contribution is -0.354. The molecule has 3 rings (SSSR count). The van der Waals surface area contributed by atoms with E-state index in [1.807, 2.05) is 0 Å². The Kier molecular flexibility index (Phi) is 23.8. The third-order valence-electron chi connectivity index (χ3n) is 12.5. The molecule has 3 fully saturated rings. The molecule has 0 aromatic carbocycles. The van der Waals surface area contributed by atoms with Crippen LogP contribution in [-0.2, 0) is 47.7 Å². The van der Waals surface area contributed by atoms with Crippen LogP contribution in [0.15, 0.2) is 0 Å². The van der Waals surface area contributed by atoms with Crippen molar-refractivity contribution in [1.82, 2.24) is 16.0 Å². The summed E-state index contributed by atoms with van der Waals surface area (Å²) < 4.78 is 28.1. The summed E-state index contributed by atoms with van der Waals surface area (Å²) in [5, 5.41) is 137. The fourth-order valence-electron chi connectivity index (χ4n) is 8.77. The molecule has 3 saturated heterocycles. The highest BCUT2D eigenvalue weighted by molar-refractivity contribution is 5.78. The molecule has 394 valence electrons. The maximum absolute atomic E-state index is 13.1. The number of aliphatic carboxylic acids is 3. The van der Waals surface area contributed by atoms with Crippen LogP contribution in [0.3, 0.4) is 0 Å². The summed E-state index contributed by atoms with van der Waals surface area (Å²) in [4.78, 5) is 62.8. The van der Waals surface area contributed by atoms with Crippen molar-refractivity contribution in [3.63, 3.8) is 0 Å². The van der Waals surface area contributed by atoms with E-state index in [0.29, 0.717) is 6.54 Å². The predicted octanol–water partition coefficient (Wildman–Crippen LogP) is -3.09. The zero-order valence-electron chi connectivity index (χ0n) is 38.9. The van der Waals surface area contributed by atoms with Crippen LogP contribution in [0.1, 0.15) is 117 Å². The highest BCUT2D eigenvalue weighted by Gasteiger charge is 2.61. The fourth-order valence-corrected chi connectivity index (χ4v) is 8.77. The van der Waals surface area contributed by atoms with Crippen molar-refractivity contribution in [3.05, 3.63) is 0 Å². The largest absolute Gasteiger partial charge is 0.477 e. The van der Waals surface area contributed by atoms with Crippen LogP contribution in [-0.4, -0.2) is 214 Å². The highest BCUT2D eigenvalue weighted by Crippen LogP contribution is 2.39. The molecule has 0 aliphatic carbocycles. The molecule has 16 unspecified atom stereocenters. The van der Waals surface area contributed by atoms with Gasteiger partial charge in [0.2, 0.25) is 11.8 Å². The molecule has 68 heavy (non-hydrogen) atoms. The summed E-state index contributed by atoms with van der Waals surface area (Å²) in [5.74, 6) is -16.7. The lowest BCUT2D eigenvalue weighted by Gasteiger charge is -2.50. The number of unbranched alkanes of at least 4 members (excludes halogenated alkanes) is 9. The number of carboxylic acids is 3. The van der Waals surface area contributed by atoms with Gasteiger partial charge >= 0.3 is 17.9 Å². The lowest BCUT2D eigenvalue weighted by Crippen LogP contribution is -2.71. The van der Waals surface area contributed by atoms with Crippen LogP contribution in [0.2, 0.25) is 0 Å². The van der Waals surface area contributed by atoms with Crippen molar-refractivity contribution < 1.29 is 109 Å². The molecule has 3 heterocycles. The Bertz CT molecular complexity index is 1620. The Balaban J connectivity index is 1.89. The van der Waals surface area contributed by atoms with Gasteiger partial charge in [0.1, 0.15) is 36.6 Å². The number of aliphatic hydroxyl groups is 9. The topological polar surface area (TPSA) is 410 Å². The molecule has 0 saturated carbocycles.